The van der Waals surface area contributed by atoms with Crippen molar-refractivity contribution in [3.8, 4) is 0 Å². The van der Waals surface area contributed by atoms with Crippen LogP contribution in [0.1, 0.15) is 61.9 Å². The molecule has 31 heavy (non-hydrogen) atoms. The number of pyridine rings is 1. The Hall–Kier alpha value is -1.67. The molecule has 4 saturated carbocycles. The lowest BCUT2D eigenvalue weighted by molar-refractivity contribution is -0.165. The Morgan fingerprint density at radius 2 is 1.94 bits per heavy atom. The summed E-state index contributed by atoms with van der Waals surface area (Å²) in [5.74, 6) is 0.707. The average Bonchev–Trinajstić information content (AvgIpc) is 2.71. The van der Waals surface area contributed by atoms with E-state index < -0.39 is 22.7 Å². The summed E-state index contributed by atoms with van der Waals surface area (Å²) in [6.45, 7) is 2.69. The van der Waals surface area contributed by atoms with E-state index in [1.165, 1.54) is 0 Å². The van der Waals surface area contributed by atoms with Crippen molar-refractivity contribution in [1.82, 2.24) is 15.6 Å². The molecule has 1 aromatic heterocycles. The van der Waals surface area contributed by atoms with E-state index in [9.17, 15) is 23.1 Å². The summed E-state index contributed by atoms with van der Waals surface area (Å²) in [6.07, 6.45) is 0.628. The number of hydrogen-bond donors (Lipinski definition) is 3. The maximum absolute atomic E-state index is 13.7. The molecule has 5 aliphatic rings. The van der Waals surface area contributed by atoms with Gasteiger partial charge < -0.3 is 15.7 Å². The fourth-order valence-corrected chi connectivity index (χ4v) is 7.00. The number of aryl methyl sites for hydroxylation is 1. The molecule has 170 valence electrons. The van der Waals surface area contributed by atoms with Crippen molar-refractivity contribution >= 4 is 5.91 Å². The van der Waals surface area contributed by atoms with E-state index in [2.05, 4.69) is 15.6 Å². The van der Waals surface area contributed by atoms with Crippen molar-refractivity contribution in [1.29, 1.82) is 0 Å². The van der Waals surface area contributed by atoms with Crippen LogP contribution in [0.15, 0.2) is 12.1 Å². The number of nitrogens with zero attached hydrogens (tertiary/aromatic N) is 1. The molecule has 0 aromatic carbocycles. The number of nitrogens with one attached hydrogen (secondary N) is 2. The molecule has 4 aliphatic carbocycles. The number of carbonyl (C=O) groups excluding carboxylic acids is 1. The lowest BCUT2D eigenvalue weighted by Crippen LogP contribution is -2.63. The number of rotatable bonds is 3. The maximum Gasteiger partial charge on any atom is 0.416 e. The van der Waals surface area contributed by atoms with Gasteiger partial charge in [0.1, 0.15) is 0 Å². The van der Waals surface area contributed by atoms with Crippen molar-refractivity contribution < 1.29 is 23.1 Å². The van der Waals surface area contributed by atoms with Gasteiger partial charge in [0.15, 0.2) is 0 Å². The molecule has 8 heteroatoms. The van der Waals surface area contributed by atoms with Gasteiger partial charge in [-0.2, -0.15) is 13.2 Å². The first-order chi connectivity index (χ1) is 14.6. The Morgan fingerprint density at radius 1 is 1.23 bits per heavy atom. The van der Waals surface area contributed by atoms with Crippen LogP contribution in [-0.4, -0.2) is 35.2 Å². The second-order valence-electron chi connectivity index (χ2n) is 10.4. The standard InChI is InChI=1S/C23H30F3N3O2/c1-13-5-17(23(24,25)26)8-18(28-13)22(3-2-4-27-12-22)29-20(31)21-9-14-6-15(10-21)19(30)16(7-14)11-21/h5,8,14-16,19,27,30H,2-4,6-7,9-12H2,1H3,(H,29,31)/t14?,15?,16?,19?,21?,22-/m0/s1. The first-order valence-corrected chi connectivity index (χ1v) is 11.4. The number of hydrogen-bond acceptors (Lipinski definition) is 4. The second kappa shape index (κ2) is 7.17. The minimum atomic E-state index is -4.47. The Labute approximate surface area is 180 Å². The normalized spacial score (nSPS) is 39.5. The van der Waals surface area contributed by atoms with Crippen molar-refractivity contribution in [2.24, 2.45) is 23.2 Å². The van der Waals surface area contributed by atoms with Crippen LogP contribution in [0, 0.1) is 30.1 Å². The number of amides is 1. The SMILES string of the molecule is Cc1cc(C(F)(F)F)cc([C@]2(NC(=O)C34CC5CC(C3)C(O)C(C5)C4)CCCNC2)n1. The van der Waals surface area contributed by atoms with Gasteiger partial charge in [-0.15, -0.1) is 0 Å². The van der Waals surface area contributed by atoms with E-state index >= 15 is 0 Å². The van der Waals surface area contributed by atoms with Gasteiger partial charge in [-0.1, -0.05) is 0 Å². The molecular weight excluding hydrogens is 407 g/mol. The van der Waals surface area contributed by atoms with Gasteiger partial charge in [-0.25, -0.2) is 0 Å². The molecule has 5 fully saturated rings. The van der Waals surface area contributed by atoms with E-state index in [-0.39, 0.29) is 29.5 Å². The number of alkyl halides is 3. The molecule has 6 rings (SSSR count). The molecule has 1 saturated heterocycles. The van der Waals surface area contributed by atoms with Crippen LogP contribution in [0.5, 0.6) is 0 Å². The largest absolute Gasteiger partial charge is 0.416 e. The molecule has 1 aromatic rings. The first-order valence-electron chi connectivity index (χ1n) is 11.4. The third kappa shape index (κ3) is 3.55. The van der Waals surface area contributed by atoms with Gasteiger partial charge in [0.05, 0.1) is 28.3 Å². The zero-order valence-electron chi connectivity index (χ0n) is 17.8. The molecule has 1 aliphatic heterocycles. The highest BCUT2D eigenvalue weighted by atomic mass is 19.4. The third-order valence-electron chi connectivity index (χ3n) is 8.21. The topological polar surface area (TPSA) is 74.2 Å². The Bertz CT molecular complexity index is 865. The third-order valence-corrected chi connectivity index (χ3v) is 8.21. The summed E-state index contributed by atoms with van der Waals surface area (Å²) < 4.78 is 40.5. The Kier molecular flexibility index (Phi) is 4.90. The molecule has 1 amide bonds. The summed E-state index contributed by atoms with van der Waals surface area (Å²) in [5.41, 5.74) is -1.63. The molecule has 4 bridgehead atoms. The molecule has 2 unspecified atom stereocenters. The lowest BCUT2D eigenvalue weighted by atomic mass is 9.48. The predicted molar refractivity (Wildman–Crippen MR) is 108 cm³/mol. The van der Waals surface area contributed by atoms with Crippen molar-refractivity contribution in [3.63, 3.8) is 0 Å². The second-order valence-corrected chi connectivity index (χ2v) is 10.4. The fraction of sp³-hybridized carbons (Fsp3) is 0.739. The maximum atomic E-state index is 13.7. The van der Waals surface area contributed by atoms with E-state index in [1.54, 1.807) is 6.92 Å². The van der Waals surface area contributed by atoms with Crippen LogP contribution in [0.3, 0.4) is 0 Å². The van der Waals surface area contributed by atoms with Gasteiger partial charge in [-0.05, 0) is 88.3 Å². The molecule has 5 nitrogen and oxygen atoms in total. The minimum Gasteiger partial charge on any atom is -0.393 e. The van der Waals surface area contributed by atoms with E-state index in [1.807, 2.05) is 0 Å². The van der Waals surface area contributed by atoms with Gasteiger partial charge >= 0.3 is 6.18 Å². The molecule has 0 radical (unpaired) electrons. The van der Waals surface area contributed by atoms with Crippen LogP contribution >= 0.6 is 0 Å². The molecule has 0 spiro atoms. The Morgan fingerprint density at radius 3 is 2.55 bits per heavy atom. The van der Waals surface area contributed by atoms with Crippen molar-refractivity contribution in [2.45, 2.75) is 69.7 Å². The van der Waals surface area contributed by atoms with Crippen molar-refractivity contribution in [3.05, 3.63) is 29.1 Å². The number of piperidine rings is 1. The van der Waals surface area contributed by atoms with Crippen LogP contribution in [0.2, 0.25) is 0 Å². The van der Waals surface area contributed by atoms with Gasteiger partial charge in [0, 0.05) is 12.2 Å². The summed E-state index contributed by atoms with van der Waals surface area (Å²) >= 11 is 0. The van der Waals surface area contributed by atoms with Crippen molar-refractivity contribution in [2.75, 3.05) is 13.1 Å². The van der Waals surface area contributed by atoms with E-state index in [4.69, 9.17) is 0 Å². The van der Waals surface area contributed by atoms with E-state index in [0.717, 1.165) is 44.4 Å². The zero-order valence-corrected chi connectivity index (χ0v) is 17.8. The molecule has 2 heterocycles. The zero-order chi connectivity index (χ0) is 22.0. The summed E-state index contributed by atoms with van der Waals surface area (Å²) in [7, 11) is 0. The first kappa shape index (κ1) is 21.2. The highest BCUT2D eigenvalue weighted by Crippen LogP contribution is 2.60. The molecular formula is C23H30F3N3O2. The number of aliphatic hydroxyl groups excluding tert-OH is 1. The minimum absolute atomic E-state index is 0.0700. The molecule has 3 atom stereocenters. The predicted octanol–water partition coefficient (Wildman–Crippen LogP) is 3.29. The summed E-state index contributed by atoms with van der Waals surface area (Å²) in [6, 6.07) is 2.15. The lowest BCUT2D eigenvalue weighted by Gasteiger charge is -2.58. The van der Waals surface area contributed by atoms with Crippen LogP contribution in [0.4, 0.5) is 13.2 Å². The number of carbonyl (C=O) groups is 1. The van der Waals surface area contributed by atoms with Crippen LogP contribution in [-0.2, 0) is 16.5 Å². The summed E-state index contributed by atoms with van der Waals surface area (Å²) in [4.78, 5) is 18.2. The van der Waals surface area contributed by atoms with Gasteiger partial charge in [0.25, 0.3) is 0 Å². The van der Waals surface area contributed by atoms with Crippen LogP contribution < -0.4 is 10.6 Å². The number of halogens is 3. The van der Waals surface area contributed by atoms with E-state index in [0.29, 0.717) is 37.4 Å². The monoisotopic (exact) mass is 437 g/mol. The average molecular weight is 438 g/mol. The quantitative estimate of drug-likeness (QED) is 0.679. The highest BCUT2D eigenvalue weighted by Gasteiger charge is 2.59. The van der Waals surface area contributed by atoms with Crippen LogP contribution in [0.25, 0.3) is 0 Å². The number of aromatic nitrogens is 1. The smallest absolute Gasteiger partial charge is 0.393 e. The van der Waals surface area contributed by atoms with Gasteiger partial charge in [0.2, 0.25) is 5.91 Å². The summed E-state index contributed by atoms with van der Waals surface area (Å²) in [5, 5.41) is 17.0. The fourth-order valence-electron chi connectivity index (χ4n) is 7.00. The Balaban J connectivity index is 1.48. The molecule has 3 N–H and O–H groups in total. The van der Waals surface area contributed by atoms with Gasteiger partial charge in [-0.3, -0.25) is 9.78 Å². The highest BCUT2D eigenvalue weighted by molar-refractivity contribution is 5.84. The number of aliphatic hydroxyl groups is 1.